The molecule has 0 bridgehead atoms. The Morgan fingerprint density at radius 2 is 1.96 bits per heavy atom. The molecule has 1 saturated heterocycles. The van der Waals surface area contributed by atoms with Crippen molar-refractivity contribution in [3.8, 4) is 0 Å². The molecule has 1 aliphatic rings. The first-order valence-electron chi connectivity index (χ1n) is 8.92. The van der Waals surface area contributed by atoms with E-state index in [9.17, 15) is 4.79 Å². The molecule has 0 aliphatic carbocycles. The lowest BCUT2D eigenvalue weighted by Gasteiger charge is -2.35. The Balaban J connectivity index is 1.61. The Morgan fingerprint density at radius 1 is 1.28 bits per heavy atom. The average molecular weight is 342 g/mol. The van der Waals surface area contributed by atoms with Crippen molar-refractivity contribution < 1.29 is 9.21 Å². The lowest BCUT2D eigenvalue weighted by atomic mass is 9.95. The fraction of sp³-hybridized carbons (Fsp3) is 0.526. The number of rotatable bonds is 5. The standard InChI is InChI=1S/C19H26N4O2/c1-14(2)23(13-17-6-5-15(3)25-17)18(24)16-7-11-22(12-8-16)19-20-9-4-10-21-19/h4-6,9-10,14,16H,7-8,11-13H2,1-3H3. The third-order valence-corrected chi connectivity index (χ3v) is 4.71. The van der Waals surface area contributed by atoms with Crippen LogP contribution in [0.2, 0.25) is 0 Å². The number of amides is 1. The largest absolute Gasteiger partial charge is 0.464 e. The Morgan fingerprint density at radius 3 is 2.52 bits per heavy atom. The molecule has 0 aromatic carbocycles. The number of hydrogen-bond acceptors (Lipinski definition) is 5. The number of carbonyl (C=O) groups excluding carboxylic acids is 1. The van der Waals surface area contributed by atoms with E-state index in [1.165, 1.54) is 0 Å². The lowest BCUT2D eigenvalue weighted by molar-refractivity contribution is -0.139. The molecule has 0 N–H and O–H groups in total. The van der Waals surface area contributed by atoms with Gasteiger partial charge in [0.15, 0.2) is 0 Å². The fourth-order valence-electron chi connectivity index (χ4n) is 3.27. The molecule has 134 valence electrons. The monoisotopic (exact) mass is 342 g/mol. The maximum Gasteiger partial charge on any atom is 0.226 e. The highest BCUT2D eigenvalue weighted by Gasteiger charge is 2.30. The summed E-state index contributed by atoms with van der Waals surface area (Å²) >= 11 is 0. The van der Waals surface area contributed by atoms with Crippen molar-refractivity contribution in [3.63, 3.8) is 0 Å². The van der Waals surface area contributed by atoms with Crippen LogP contribution in [0.15, 0.2) is 35.0 Å². The number of nitrogens with zero attached hydrogens (tertiary/aromatic N) is 4. The molecule has 1 amide bonds. The van der Waals surface area contributed by atoms with E-state index in [1.807, 2.05) is 30.0 Å². The maximum absolute atomic E-state index is 13.0. The average Bonchev–Trinajstić information content (AvgIpc) is 3.05. The van der Waals surface area contributed by atoms with E-state index < -0.39 is 0 Å². The zero-order valence-electron chi connectivity index (χ0n) is 15.2. The van der Waals surface area contributed by atoms with E-state index in [1.54, 1.807) is 12.4 Å². The second kappa shape index (κ2) is 7.68. The predicted octanol–water partition coefficient (Wildman–Crippen LogP) is 3.03. The minimum absolute atomic E-state index is 0.0541. The minimum Gasteiger partial charge on any atom is -0.464 e. The molecule has 25 heavy (non-hydrogen) atoms. The van der Waals surface area contributed by atoms with Crippen molar-refractivity contribution >= 4 is 11.9 Å². The van der Waals surface area contributed by atoms with Crippen molar-refractivity contribution in [3.05, 3.63) is 42.1 Å². The summed E-state index contributed by atoms with van der Waals surface area (Å²) < 4.78 is 5.66. The van der Waals surface area contributed by atoms with Gasteiger partial charge in [0.25, 0.3) is 0 Å². The summed E-state index contributed by atoms with van der Waals surface area (Å²) in [4.78, 5) is 25.7. The molecule has 0 atom stereocenters. The van der Waals surface area contributed by atoms with Crippen LogP contribution in [0.3, 0.4) is 0 Å². The number of furan rings is 1. The molecule has 6 heteroatoms. The van der Waals surface area contributed by atoms with Crippen LogP contribution in [0.4, 0.5) is 5.95 Å². The summed E-state index contributed by atoms with van der Waals surface area (Å²) in [5, 5.41) is 0. The zero-order chi connectivity index (χ0) is 17.8. The van der Waals surface area contributed by atoms with E-state index in [0.717, 1.165) is 43.4 Å². The number of anilines is 1. The Labute approximate surface area is 148 Å². The van der Waals surface area contributed by atoms with Gasteiger partial charge in [0.05, 0.1) is 6.54 Å². The molecule has 6 nitrogen and oxygen atoms in total. The van der Waals surface area contributed by atoms with E-state index in [-0.39, 0.29) is 17.9 Å². The normalized spacial score (nSPS) is 15.6. The topological polar surface area (TPSA) is 62.5 Å². The van der Waals surface area contributed by atoms with Gasteiger partial charge >= 0.3 is 0 Å². The smallest absolute Gasteiger partial charge is 0.226 e. The Hall–Kier alpha value is -2.37. The van der Waals surface area contributed by atoms with Gasteiger partial charge in [0.1, 0.15) is 11.5 Å². The molecule has 2 aromatic heterocycles. The van der Waals surface area contributed by atoms with Crippen LogP contribution in [0.5, 0.6) is 0 Å². The van der Waals surface area contributed by atoms with Crippen molar-refractivity contribution in [1.29, 1.82) is 0 Å². The second-order valence-electron chi connectivity index (χ2n) is 6.88. The van der Waals surface area contributed by atoms with Gasteiger partial charge in [0, 0.05) is 37.4 Å². The van der Waals surface area contributed by atoms with E-state index >= 15 is 0 Å². The van der Waals surface area contributed by atoms with Gasteiger partial charge in [-0.2, -0.15) is 0 Å². The molecule has 3 rings (SSSR count). The molecule has 1 aliphatic heterocycles. The van der Waals surface area contributed by atoms with E-state index in [2.05, 4.69) is 28.7 Å². The van der Waals surface area contributed by atoms with Crippen LogP contribution < -0.4 is 4.90 Å². The number of hydrogen-bond donors (Lipinski definition) is 0. The summed E-state index contributed by atoms with van der Waals surface area (Å²) in [5.41, 5.74) is 0. The van der Waals surface area contributed by atoms with Gasteiger partial charge in [-0.15, -0.1) is 0 Å². The van der Waals surface area contributed by atoms with Crippen LogP contribution in [-0.4, -0.2) is 39.9 Å². The predicted molar refractivity (Wildman–Crippen MR) is 96.1 cm³/mol. The molecule has 0 radical (unpaired) electrons. The SMILES string of the molecule is Cc1ccc(CN(C(=O)C2CCN(c3ncccn3)CC2)C(C)C)o1. The number of piperidine rings is 1. The minimum atomic E-state index is 0.0541. The van der Waals surface area contributed by atoms with Crippen LogP contribution >= 0.6 is 0 Å². The highest BCUT2D eigenvalue weighted by Crippen LogP contribution is 2.24. The molecule has 0 spiro atoms. The molecule has 0 unspecified atom stereocenters. The van der Waals surface area contributed by atoms with Gasteiger partial charge < -0.3 is 14.2 Å². The lowest BCUT2D eigenvalue weighted by Crippen LogP contribution is -2.45. The van der Waals surface area contributed by atoms with Gasteiger partial charge in [-0.3, -0.25) is 4.79 Å². The molecular weight excluding hydrogens is 316 g/mol. The van der Waals surface area contributed by atoms with Gasteiger partial charge in [-0.25, -0.2) is 9.97 Å². The summed E-state index contributed by atoms with van der Waals surface area (Å²) in [6, 6.07) is 5.86. The highest BCUT2D eigenvalue weighted by molar-refractivity contribution is 5.79. The highest BCUT2D eigenvalue weighted by atomic mass is 16.3. The van der Waals surface area contributed by atoms with Gasteiger partial charge in [0.2, 0.25) is 11.9 Å². The van der Waals surface area contributed by atoms with Crippen molar-refractivity contribution in [2.75, 3.05) is 18.0 Å². The fourth-order valence-corrected chi connectivity index (χ4v) is 3.27. The molecule has 3 heterocycles. The second-order valence-corrected chi connectivity index (χ2v) is 6.88. The van der Waals surface area contributed by atoms with E-state index in [4.69, 9.17) is 4.42 Å². The van der Waals surface area contributed by atoms with Crippen molar-refractivity contribution in [2.24, 2.45) is 5.92 Å². The quantitative estimate of drug-likeness (QED) is 0.836. The van der Waals surface area contributed by atoms with Crippen LogP contribution in [0, 0.1) is 12.8 Å². The molecule has 2 aromatic rings. The summed E-state index contributed by atoms with van der Waals surface area (Å²) in [6.07, 6.45) is 5.17. The zero-order valence-corrected chi connectivity index (χ0v) is 15.2. The Bertz CT molecular complexity index is 690. The molecule has 0 saturated carbocycles. The first kappa shape index (κ1) is 17.5. The third kappa shape index (κ3) is 4.18. The number of aromatic nitrogens is 2. The summed E-state index contributed by atoms with van der Waals surface area (Å²) in [5.74, 6) is 2.74. The first-order valence-corrected chi connectivity index (χ1v) is 8.92. The first-order chi connectivity index (χ1) is 12.0. The van der Waals surface area contributed by atoms with Crippen LogP contribution in [0.25, 0.3) is 0 Å². The molecular formula is C19H26N4O2. The maximum atomic E-state index is 13.0. The van der Waals surface area contributed by atoms with Crippen LogP contribution in [-0.2, 0) is 11.3 Å². The van der Waals surface area contributed by atoms with Gasteiger partial charge in [-0.05, 0) is 51.8 Å². The van der Waals surface area contributed by atoms with Gasteiger partial charge in [-0.1, -0.05) is 0 Å². The number of carbonyl (C=O) groups is 1. The van der Waals surface area contributed by atoms with Crippen molar-refractivity contribution in [1.82, 2.24) is 14.9 Å². The van der Waals surface area contributed by atoms with E-state index in [0.29, 0.717) is 6.54 Å². The summed E-state index contributed by atoms with van der Waals surface area (Å²) in [7, 11) is 0. The van der Waals surface area contributed by atoms with Crippen LogP contribution in [0.1, 0.15) is 38.2 Å². The molecule has 1 fully saturated rings. The number of aryl methyl sites for hydroxylation is 1. The summed E-state index contributed by atoms with van der Waals surface area (Å²) in [6.45, 7) is 8.19. The Kier molecular flexibility index (Phi) is 5.36. The van der Waals surface area contributed by atoms with Crippen molar-refractivity contribution in [2.45, 2.75) is 46.2 Å². The third-order valence-electron chi connectivity index (χ3n) is 4.71.